The van der Waals surface area contributed by atoms with Crippen molar-refractivity contribution >= 4 is 17.5 Å². The standard InChI is InChI=1S/C42H43FN4O5/c1-28-37(42(50)46(33-13-15-35(48)16-14-33)26-31-10-6-7-11-40(31)51-3)24-39(44(28)2)38-23-32(43)12-17-36(38)41(49)47-25-30-9-5-4-8-29(30)22-34(47)27-45-18-20-52-21-19-45/h4-17,23-24,34,48H,18-22,25-27H2,1-3H3/t34-/m0/s1. The zero-order valence-electron chi connectivity index (χ0n) is 29.7. The van der Waals surface area contributed by atoms with E-state index in [0.717, 1.165) is 30.6 Å². The number of fused-ring (bicyclic) bond motifs is 1. The molecule has 0 bridgehead atoms. The van der Waals surface area contributed by atoms with Crippen molar-refractivity contribution in [3.8, 4) is 22.8 Å². The van der Waals surface area contributed by atoms with E-state index in [-0.39, 0.29) is 30.2 Å². The average Bonchev–Trinajstić information content (AvgIpc) is 3.47. The summed E-state index contributed by atoms with van der Waals surface area (Å²) >= 11 is 0. The van der Waals surface area contributed by atoms with Gasteiger partial charge in [-0.1, -0.05) is 42.5 Å². The number of hydrogen-bond acceptors (Lipinski definition) is 6. The van der Waals surface area contributed by atoms with Crippen LogP contribution in [0.1, 0.15) is 43.1 Å². The first-order valence-corrected chi connectivity index (χ1v) is 17.6. The maximum absolute atomic E-state index is 15.2. The molecule has 1 N–H and O–H groups in total. The minimum Gasteiger partial charge on any atom is -0.508 e. The van der Waals surface area contributed by atoms with Gasteiger partial charge in [0.15, 0.2) is 0 Å². The van der Waals surface area contributed by atoms with Crippen LogP contribution in [-0.4, -0.2) is 77.3 Å². The first-order chi connectivity index (χ1) is 25.2. The molecule has 7 rings (SSSR count). The maximum Gasteiger partial charge on any atom is 0.260 e. The number of carbonyl (C=O) groups excluding carboxylic acids is 2. The van der Waals surface area contributed by atoms with E-state index in [1.165, 1.54) is 29.8 Å². The highest BCUT2D eigenvalue weighted by molar-refractivity contribution is 6.08. The van der Waals surface area contributed by atoms with E-state index in [2.05, 4.69) is 17.0 Å². The topological polar surface area (TPSA) is 87.5 Å². The van der Waals surface area contributed by atoms with E-state index >= 15 is 4.39 Å². The number of rotatable bonds is 9. The largest absolute Gasteiger partial charge is 0.508 e. The Morgan fingerprint density at radius 2 is 1.63 bits per heavy atom. The number of ether oxygens (including phenoxy) is 2. The lowest BCUT2D eigenvalue weighted by molar-refractivity contribution is 0.0193. The molecule has 1 saturated heterocycles. The Balaban J connectivity index is 1.26. The van der Waals surface area contributed by atoms with Crippen molar-refractivity contribution < 1.29 is 28.6 Å². The van der Waals surface area contributed by atoms with Crippen molar-refractivity contribution in [2.24, 2.45) is 7.05 Å². The number of anilines is 1. The van der Waals surface area contributed by atoms with E-state index in [0.29, 0.717) is 65.8 Å². The summed E-state index contributed by atoms with van der Waals surface area (Å²) in [5.41, 5.74) is 6.11. The van der Waals surface area contributed by atoms with Crippen molar-refractivity contribution in [3.63, 3.8) is 0 Å². The Bertz CT molecular complexity index is 2090. The Morgan fingerprint density at radius 3 is 2.38 bits per heavy atom. The van der Waals surface area contributed by atoms with Crippen molar-refractivity contribution in [3.05, 3.63) is 136 Å². The summed E-state index contributed by atoms with van der Waals surface area (Å²) in [4.78, 5) is 35.2. The lowest BCUT2D eigenvalue weighted by atomic mass is 9.92. The summed E-state index contributed by atoms with van der Waals surface area (Å²) in [6.07, 6.45) is 0.719. The summed E-state index contributed by atoms with van der Waals surface area (Å²) in [5.74, 6) is -0.233. The van der Waals surface area contributed by atoms with Crippen LogP contribution in [0.3, 0.4) is 0 Å². The lowest BCUT2D eigenvalue weighted by Gasteiger charge is -2.40. The van der Waals surface area contributed by atoms with Crippen LogP contribution < -0.4 is 9.64 Å². The number of aromatic nitrogens is 1. The summed E-state index contributed by atoms with van der Waals surface area (Å²) < 4.78 is 28.2. The second-order valence-corrected chi connectivity index (χ2v) is 13.5. The molecule has 5 aromatic rings. The Hall–Kier alpha value is -5.45. The van der Waals surface area contributed by atoms with Crippen LogP contribution in [0.5, 0.6) is 11.5 Å². The fourth-order valence-electron chi connectivity index (χ4n) is 7.38. The van der Waals surface area contributed by atoms with Gasteiger partial charge in [-0.25, -0.2) is 4.39 Å². The quantitative estimate of drug-likeness (QED) is 0.186. The van der Waals surface area contributed by atoms with Crippen LogP contribution in [0.15, 0.2) is 97.1 Å². The molecule has 9 nitrogen and oxygen atoms in total. The number of halogens is 1. The predicted molar refractivity (Wildman–Crippen MR) is 198 cm³/mol. The molecule has 0 radical (unpaired) electrons. The second-order valence-electron chi connectivity index (χ2n) is 13.5. The first-order valence-electron chi connectivity index (χ1n) is 17.6. The summed E-state index contributed by atoms with van der Waals surface area (Å²) in [7, 11) is 3.41. The number of benzene rings is 4. The molecule has 2 amide bonds. The number of para-hydroxylation sites is 1. The fourth-order valence-corrected chi connectivity index (χ4v) is 7.38. The van der Waals surface area contributed by atoms with Crippen molar-refractivity contribution in [2.75, 3.05) is 44.9 Å². The number of carbonyl (C=O) groups is 2. The summed E-state index contributed by atoms with van der Waals surface area (Å²) in [6.45, 7) is 6.13. The summed E-state index contributed by atoms with van der Waals surface area (Å²) in [6, 6.07) is 28.1. The Morgan fingerprint density at radius 1 is 0.923 bits per heavy atom. The van der Waals surface area contributed by atoms with Gasteiger partial charge in [0, 0.05) is 73.0 Å². The summed E-state index contributed by atoms with van der Waals surface area (Å²) in [5, 5.41) is 10.0. The molecule has 1 fully saturated rings. The molecular formula is C42H43FN4O5. The SMILES string of the molecule is COc1ccccc1CN(C(=O)c1cc(-c2cc(F)ccc2C(=O)N2Cc3ccccc3C[C@H]2CN2CCOCC2)n(C)c1C)c1ccc(O)cc1. The molecule has 0 spiro atoms. The van der Waals surface area contributed by atoms with Gasteiger partial charge in [0.1, 0.15) is 17.3 Å². The Labute approximate surface area is 303 Å². The second kappa shape index (κ2) is 15.0. The van der Waals surface area contributed by atoms with Gasteiger partial charge >= 0.3 is 0 Å². The van der Waals surface area contributed by atoms with E-state index in [4.69, 9.17) is 9.47 Å². The van der Waals surface area contributed by atoms with E-state index in [9.17, 15) is 14.7 Å². The molecule has 1 aromatic heterocycles. The molecule has 0 aliphatic carbocycles. The molecule has 2 aliphatic heterocycles. The van der Waals surface area contributed by atoms with Gasteiger partial charge in [-0.05, 0) is 79.1 Å². The molecule has 4 aromatic carbocycles. The minimum absolute atomic E-state index is 0.0827. The normalized spacial score (nSPS) is 16.0. The maximum atomic E-state index is 15.2. The van der Waals surface area contributed by atoms with Gasteiger partial charge in [0.25, 0.3) is 11.8 Å². The number of hydrogen-bond donors (Lipinski definition) is 1. The Kier molecular flexibility index (Phi) is 10.1. The third kappa shape index (κ3) is 7.04. The molecular weight excluding hydrogens is 659 g/mol. The highest BCUT2D eigenvalue weighted by Crippen LogP contribution is 2.34. The smallest absolute Gasteiger partial charge is 0.260 e. The molecule has 3 heterocycles. The third-order valence-corrected chi connectivity index (χ3v) is 10.4. The minimum atomic E-state index is -0.478. The van der Waals surface area contributed by atoms with Crippen LogP contribution in [-0.2, 0) is 31.3 Å². The molecule has 10 heteroatoms. The monoisotopic (exact) mass is 702 g/mol. The number of amides is 2. The molecule has 1 atom stereocenters. The van der Waals surface area contributed by atoms with Gasteiger partial charge in [-0.2, -0.15) is 0 Å². The van der Waals surface area contributed by atoms with Crippen LogP contribution >= 0.6 is 0 Å². The average molecular weight is 703 g/mol. The van der Waals surface area contributed by atoms with Gasteiger partial charge < -0.3 is 28.9 Å². The van der Waals surface area contributed by atoms with Crippen molar-refractivity contribution in [2.45, 2.75) is 32.5 Å². The van der Waals surface area contributed by atoms with Crippen LogP contribution in [0, 0.1) is 12.7 Å². The van der Waals surface area contributed by atoms with Crippen LogP contribution in [0.4, 0.5) is 10.1 Å². The number of phenols is 1. The number of morpholine rings is 1. The van der Waals surface area contributed by atoms with Gasteiger partial charge in [-0.3, -0.25) is 14.5 Å². The first kappa shape index (κ1) is 35.0. The van der Waals surface area contributed by atoms with E-state index in [1.54, 1.807) is 36.3 Å². The third-order valence-electron chi connectivity index (χ3n) is 10.4. The predicted octanol–water partition coefficient (Wildman–Crippen LogP) is 6.60. The molecule has 0 unspecified atom stereocenters. The number of nitrogens with zero attached hydrogens (tertiary/aromatic N) is 4. The number of methoxy groups -OCH3 is 1. The number of phenolic OH excluding ortho intramolecular Hbond substituents is 1. The molecule has 52 heavy (non-hydrogen) atoms. The fraction of sp³-hybridized carbons (Fsp3) is 0.286. The zero-order valence-corrected chi connectivity index (χ0v) is 29.7. The molecule has 0 saturated carbocycles. The molecule has 268 valence electrons. The van der Waals surface area contributed by atoms with Crippen LogP contribution in [0.25, 0.3) is 11.3 Å². The highest BCUT2D eigenvalue weighted by atomic mass is 19.1. The van der Waals surface area contributed by atoms with Gasteiger partial charge in [-0.15, -0.1) is 0 Å². The van der Waals surface area contributed by atoms with Crippen LogP contribution in [0.2, 0.25) is 0 Å². The molecule has 2 aliphatic rings. The van der Waals surface area contributed by atoms with Crippen molar-refractivity contribution in [1.82, 2.24) is 14.4 Å². The zero-order chi connectivity index (χ0) is 36.4. The van der Waals surface area contributed by atoms with Gasteiger partial charge in [0.05, 0.1) is 32.4 Å². The number of aromatic hydroxyl groups is 1. The lowest BCUT2D eigenvalue weighted by Crippen LogP contribution is -2.52. The highest BCUT2D eigenvalue weighted by Gasteiger charge is 2.34. The van der Waals surface area contributed by atoms with E-state index < -0.39 is 5.82 Å². The van der Waals surface area contributed by atoms with Crippen molar-refractivity contribution in [1.29, 1.82) is 0 Å². The van der Waals surface area contributed by atoms with E-state index in [1.807, 2.05) is 59.8 Å². The van der Waals surface area contributed by atoms with Gasteiger partial charge in [0.2, 0.25) is 0 Å².